The van der Waals surface area contributed by atoms with Gasteiger partial charge in [-0.2, -0.15) is 0 Å². The molecule has 0 saturated carbocycles. The summed E-state index contributed by atoms with van der Waals surface area (Å²) in [5.41, 5.74) is -0.0544. The second-order valence-corrected chi connectivity index (χ2v) is 3.27. The number of halogens is 1. The largest absolute Gasteiger partial charge is 0.308 e. The van der Waals surface area contributed by atoms with E-state index in [2.05, 4.69) is 5.32 Å². The molecule has 0 aliphatic rings. The normalized spacial score (nSPS) is 14.3. The quantitative estimate of drug-likeness (QED) is 0.575. The Hall–Kier alpha value is -0.550. The van der Waals surface area contributed by atoms with Crippen LogP contribution in [0.1, 0.15) is 20.8 Å². The van der Waals surface area contributed by atoms with Crippen LogP contribution in [0.2, 0.25) is 0 Å². The molecular weight excluding hydrogens is 129 g/mol. The highest BCUT2D eigenvalue weighted by atomic mass is 19.1. The molecule has 0 saturated heterocycles. The second-order valence-electron chi connectivity index (χ2n) is 3.27. The van der Waals surface area contributed by atoms with Gasteiger partial charge < -0.3 is 5.32 Å². The Balaban J connectivity index is 3.48. The van der Waals surface area contributed by atoms with Crippen LogP contribution in [0.5, 0.6) is 0 Å². The fourth-order valence-corrected chi connectivity index (χ4v) is 0.455. The minimum Gasteiger partial charge on any atom is -0.308 e. The lowest BCUT2D eigenvalue weighted by Gasteiger charge is -2.20. The van der Waals surface area contributed by atoms with Crippen molar-refractivity contribution < 1.29 is 4.39 Å². The highest BCUT2D eigenvalue weighted by Crippen LogP contribution is 1.98. The van der Waals surface area contributed by atoms with E-state index in [-0.39, 0.29) is 12.1 Å². The van der Waals surface area contributed by atoms with Gasteiger partial charge >= 0.3 is 0 Å². The summed E-state index contributed by atoms with van der Waals surface area (Å²) >= 11 is 0. The van der Waals surface area contributed by atoms with Gasteiger partial charge in [0.25, 0.3) is 0 Å². The van der Waals surface area contributed by atoms with Crippen molar-refractivity contribution in [2.24, 2.45) is 0 Å². The third kappa shape index (κ3) is 5.58. The van der Waals surface area contributed by atoms with Crippen molar-refractivity contribution in [3.63, 3.8) is 0 Å². The highest BCUT2D eigenvalue weighted by Gasteiger charge is 2.10. The molecule has 0 aliphatic heterocycles. The standard InChI is InChI=1S/C8H14FN/c1-5-7(9)6-10-8(2,3)4/h1,7,10H,6H2,2-4H3. The Labute approximate surface area is 62.0 Å². The molecule has 10 heavy (non-hydrogen) atoms. The predicted octanol–water partition coefficient (Wildman–Crippen LogP) is 1.35. The van der Waals surface area contributed by atoms with Crippen molar-refractivity contribution in [2.45, 2.75) is 32.5 Å². The van der Waals surface area contributed by atoms with Crippen LogP contribution in [-0.2, 0) is 0 Å². The summed E-state index contributed by atoms with van der Waals surface area (Å²) in [4.78, 5) is 0. The molecule has 0 aromatic heterocycles. The topological polar surface area (TPSA) is 12.0 Å². The molecule has 0 rings (SSSR count). The zero-order chi connectivity index (χ0) is 8.20. The maximum atomic E-state index is 12.4. The molecule has 0 aromatic carbocycles. The lowest BCUT2D eigenvalue weighted by Crippen LogP contribution is -2.39. The molecule has 0 spiro atoms. The number of alkyl halides is 1. The summed E-state index contributed by atoms with van der Waals surface area (Å²) in [5.74, 6) is 2.01. The third-order valence-corrected chi connectivity index (χ3v) is 0.992. The van der Waals surface area contributed by atoms with E-state index in [1.807, 2.05) is 26.7 Å². The summed E-state index contributed by atoms with van der Waals surface area (Å²) in [7, 11) is 0. The molecular formula is C8H14FN. The van der Waals surface area contributed by atoms with Crippen LogP contribution in [0.15, 0.2) is 0 Å². The van der Waals surface area contributed by atoms with E-state index in [1.54, 1.807) is 0 Å². The molecule has 0 aliphatic carbocycles. The van der Waals surface area contributed by atoms with Crippen LogP contribution in [0.4, 0.5) is 4.39 Å². The number of hydrogen-bond donors (Lipinski definition) is 1. The summed E-state index contributed by atoms with van der Waals surface area (Å²) in [6.45, 7) is 6.14. The third-order valence-electron chi connectivity index (χ3n) is 0.992. The zero-order valence-corrected chi connectivity index (χ0v) is 6.74. The van der Waals surface area contributed by atoms with Gasteiger partial charge in [0.05, 0.1) is 0 Å². The minimum absolute atomic E-state index is 0.0544. The van der Waals surface area contributed by atoms with Crippen LogP contribution in [0.25, 0.3) is 0 Å². The molecule has 0 radical (unpaired) electrons. The first kappa shape index (κ1) is 9.45. The Morgan fingerprint density at radius 1 is 1.60 bits per heavy atom. The van der Waals surface area contributed by atoms with E-state index in [9.17, 15) is 4.39 Å². The van der Waals surface area contributed by atoms with Crippen molar-refractivity contribution in [1.82, 2.24) is 5.32 Å². The number of rotatable bonds is 2. The van der Waals surface area contributed by atoms with Crippen molar-refractivity contribution in [3.8, 4) is 12.3 Å². The molecule has 0 aromatic rings. The highest BCUT2D eigenvalue weighted by molar-refractivity contribution is 4.95. The van der Waals surface area contributed by atoms with E-state index in [1.165, 1.54) is 0 Å². The van der Waals surface area contributed by atoms with Crippen LogP contribution in [-0.4, -0.2) is 18.3 Å². The first-order valence-electron chi connectivity index (χ1n) is 3.31. The van der Waals surface area contributed by atoms with Crippen LogP contribution < -0.4 is 5.32 Å². The van der Waals surface area contributed by atoms with Crippen molar-refractivity contribution in [3.05, 3.63) is 0 Å². The zero-order valence-electron chi connectivity index (χ0n) is 6.74. The van der Waals surface area contributed by atoms with Crippen LogP contribution >= 0.6 is 0 Å². The lowest BCUT2D eigenvalue weighted by molar-refractivity contribution is 0.337. The number of hydrogen-bond acceptors (Lipinski definition) is 1. The molecule has 1 N–H and O–H groups in total. The molecule has 0 bridgehead atoms. The first-order valence-corrected chi connectivity index (χ1v) is 3.31. The average molecular weight is 143 g/mol. The maximum absolute atomic E-state index is 12.4. The van der Waals surface area contributed by atoms with Gasteiger partial charge in [0.15, 0.2) is 6.17 Å². The lowest BCUT2D eigenvalue weighted by atomic mass is 10.1. The van der Waals surface area contributed by atoms with Crippen molar-refractivity contribution >= 4 is 0 Å². The van der Waals surface area contributed by atoms with Gasteiger partial charge in [-0.25, -0.2) is 4.39 Å². The van der Waals surface area contributed by atoms with Gasteiger partial charge in [-0.15, -0.1) is 6.42 Å². The Bertz CT molecular complexity index is 129. The molecule has 0 fully saturated rings. The van der Waals surface area contributed by atoms with Gasteiger partial charge in [0.1, 0.15) is 0 Å². The van der Waals surface area contributed by atoms with Gasteiger partial charge in [-0.3, -0.25) is 0 Å². The van der Waals surface area contributed by atoms with E-state index in [0.717, 1.165) is 0 Å². The van der Waals surface area contributed by atoms with Gasteiger partial charge in [0, 0.05) is 12.1 Å². The minimum atomic E-state index is -1.17. The molecule has 2 heteroatoms. The number of nitrogens with one attached hydrogen (secondary N) is 1. The predicted molar refractivity (Wildman–Crippen MR) is 41.5 cm³/mol. The fourth-order valence-electron chi connectivity index (χ4n) is 0.455. The number of terminal acetylenes is 1. The molecule has 1 unspecified atom stereocenters. The second kappa shape index (κ2) is 3.58. The Kier molecular flexibility index (Phi) is 3.38. The van der Waals surface area contributed by atoms with Crippen molar-refractivity contribution in [2.75, 3.05) is 6.54 Å². The van der Waals surface area contributed by atoms with Gasteiger partial charge in [-0.05, 0) is 20.8 Å². The van der Waals surface area contributed by atoms with E-state index >= 15 is 0 Å². The molecule has 0 heterocycles. The smallest absolute Gasteiger partial charge is 0.172 e. The average Bonchev–Trinajstić information content (AvgIpc) is 1.81. The molecule has 1 nitrogen and oxygen atoms in total. The van der Waals surface area contributed by atoms with Gasteiger partial charge in [0.2, 0.25) is 0 Å². The van der Waals surface area contributed by atoms with Crippen LogP contribution in [0, 0.1) is 12.3 Å². The summed E-state index contributed by atoms with van der Waals surface area (Å²) in [6.07, 6.45) is 3.67. The molecule has 0 amide bonds. The summed E-state index contributed by atoms with van der Waals surface area (Å²) in [6, 6.07) is 0. The Morgan fingerprint density at radius 3 is 2.40 bits per heavy atom. The summed E-state index contributed by atoms with van der Waals surface area (Å²) < 4.78 is 12.4. The summed E-state index contributed by atoms with van der Waals surface area (Å²) in [5, 5.41) is 2.96. The van der Waals surface area contributed by atoms with E-state index < -0.39 is 6.17 Å². The Morgan fingerprint density at radius 2 is 2.10 bits per heavy atom. The van der Waals surface area contributed by atoms with Crippen molar-refractivity contribution in [1.29, 1.82) is 0 Å². The fraction of sp³-hybridized carbons (Fsp3) is 0.750. The maximum Gasteiger partial charge on any atom is 0.172 e. The van der Waals surface area contributed by atoms with Crippen LogP contribution in [0.3, 0.4) is 0 Å². The molecule has 1 atom stereocenters. The monoisotopic (exact) mass is 143 g/mol. The van der Waals surface area contributed by atoms with E-state index in [4.69, 9.17) is 6.42 Å². The molecule has 58 valence electrons. The van der Waals surface area contributed by atoms with E-state index in [0.29, 0.717) is 0 Å². The van der Waals surface area contributed by atoms with Gasteiger partial charge in [-0.1, -0.05) is 5.92 Å². The SMILES string of the molecule is C#CC(F)CNC(C)(C)C. The first-order chi connectivity index (χ1) is 4.45.